The van der Waals surface area contributed by atoms with E-state index in [2.05, 4.69) is 38.1 Å². The topological polar surface area (TPSA) is 20.2 Å². The number of hydrogen-bond donors (Lipinski definition) is 1. The zero-order chi connectivity index (χ0) is 9.47. The highest BCUT2D eigenvalue weighted by molar-refractivity contribution is 5.29. The van der Waals surface area contributed by atoms with Gasteiger partial charge >= 0.3 is 0 Å². The Morgan fingerprint density at radius 2 is 1.92 bits per heavy atom. The second kappa shape index (κ2) is 2.85. The maximum Gasteiger partial charge on any atom is 0.0582 e. The van der Waals surface area contributed by atoms with E-state index in [1.807, 2.05) is 6.07 Å². The molecule has 1 aromatic carbocycles. The Morgan fingerprint density at radius 3 is 2.38 bits per heavy atom. The van der Waals surface area contributed by atoms with Gasteiger partial charge < -0.3 is 5.11 Å². The highest BCUT2D eigenvalue weighted by Crippen LogP contribution is 2.48. The molecule has 3 unspecified atom stereocenters. The highest BCUT2D eigenvalue weighted by atomic mass is 16.3. The van der Waals surface area contributed by atoms with Crippen molar-refractivity contribution in [3.05, 3.63) is 35.9 Å². The van der Waals surface area contributed by atoms with E-state index in [1.165, 1.54) is 5.56 Å². The van der Waals surface area contributed by atoms with Crippen molar-refractivity contribution < 1.29 is 5.11 Å². The number of aliphatic hydroxyl groups excluding tert-OH is 1. The van der Waals surface area contributed by atoms with E-state index in [0.717, 1.165) is 6.42 Å². The molecule has 0 amide bonds. The van der Waals surface area contributed by atoms with E-state index in [0.29, 0.717) is 5.92 Å². The van der Waals surface area contributed by atoms with Crippen LogP contribution >= 0.6 is 0 Å². The van der Waals surface area contributed by atoms with Gasteiger partial charge in [0.25, 0.3) is 0 Å². The first-order valence-corrected chi connectivity index (χ1v) is 4.88. The van der Waals surface area contributed by atoms with Crippen LogP contribution in [0.2, 0.25) is 0 Å². The molecule has 3 atom stereocenters. The maximum atomic E-state index is 9.51. The summed E-state index contributed by atoms with van der Waals surface area (Å²) in [6.45, 7) is 4.36. The van der Waals surface area contributed by atoms with Gasteiger partial charge in [-0.3, -0.25) is 0 Å². The normalized spacial score (nSPS) is 38.4. The van der Waals surface area contributed by atoms with Crippen molar-refractivity contribution in [2.24, 2.45) is 5.92 Å². The van der Waals surface area contributed by atoms with Crippen LogP contribution in [0, 0.1) is 5.92 Å². The molecule has 0 saturated heterocycles. The van der Waals surface area contributed by atoms with Crippen molar-refractivity contribution in [1.82, 2.24) is 0 Å². The van der Waals surface area contributed by atoms with Crippen molar-refractivity contribution in [2.45, 2.75) is 31.8 Å². The van der Waals surface area contributed by atoms with Crippen LogP contribution in [-0.4, -0.2) is 11.2 Å². The molecule has 0 bridgehead atoms. The molecule has 1 aliphatic carbocycles. The molecule has 1 nitrogen and oxygen atoms in total. The van der Waals surface area contributed by atoms with Crippen LogP contribution in [-0.2, 0) is 5.41 Å². The van der Waals surface area contributed by atoms with Gasteiger partial charge in [0.15, 0.2) is 0 Å². The molecule has 0 aliphatic heterocycles. The van der Waals surface area contributed by atoms with Gasteiger partial charge in [0, 0.05) is 0 Å². The first-order valence-electron chi connectivity index (χ1n) is 4.88. The lowest BCUT2D eigenvalue weighted by atomic mass is 9.57. The first kappa shape index (κ1) is 8.76. The Hall–Kier alpha value is -0.820. The average molecular weight is 176 g/mol. The summed E-state index contributed by atoms with van der Waals surface area (Å²) in [7, 11) is 0. The van der Waals surface area contributed by atoms with E-state index in [4.69, 9.17) is 0 Å². The Labute approximate surface area is 79.4 Å². The number of rotatable bonds is 1. The fraction of sp³-hybridized carbons (Fsp3) is 0.500. The first-order chi connectivity index (χ1) is 6.14. The van der Waals surface area contributed by atoms with Crippen molar-refractivity contribution >= 4 is 0 Å². The van der Waals surface area contributed by atoms with E-state index in [-0.39, 0.29) is 11.5 Å². The van der Waals surface area contributed by atoms with Gasteiger partial charge in [0.2, 0.25) is 0 Å². The minimum Gasteiger partial charge on any atom is -0.393 e. The van der Waals surface area contributed by atoms with Gasteiger partial charge in [0.1, 0.15) is 0 Å². The lowest BCUT2D eigenvalue weighted by Gasteiger charge is -2.50. The van der Waals surface area contributed by atoms with E-state index in [9.17, 15) is 5.11 Å². The van der Waals surface area contributed by atoms with Gasteiger partial charge in [0.05, 0.1) is 6.10 Å². The van der Waals surface area contributed by atoms with Crippen LogP contribution in [0.4, 0.5) is 0 Å². The average Bonchev–Trinajstić information content (AvgIpc) is 2.19. The molecular formula is C12H16O. The number of hydrogen-bond acceptors (Lipinski definition) is 1. The van der Waals surface area contributed by atoms with Crippen LogP contribution < -0.4 is 0 Å². The summed E-state index contributed by atoms with van der Waals surface area (Å²) < 4.78 is 0. The zero-order valence-electron chi connectivity index (χ0n) is 8.20. The molecule has 0 radical (unpaired) electrons. The SMILES string of the molecule is CC1C(O)CC1(C)c1ccccc1. The summed E-state index contributed by atoms with van der Waals surface area (Å²) in [6, 6.07) is 10.5. The number of aliphatic hydroxyl groups is 1. The predicted molar refractivity (Wildman–Crippen MR) is 53.6 cm³/mol. The molecule has 0 aromatic heterocycles. The third-order valence-corrected chi connectivity index (χ3v) is 3.65. The molecule has 1 heteroatoms. The monoisotopic (exact) mass is 176 g/mol. The summed E-state index contributed by atoms with van der Waals surface area (Å²) in [4.78, 5) is 0. The Bertz CT molecular complexity index is 293. The maximum absolute atomic E-state index is 9.51. The Morgan fingerprint density at radius 1 is 1.31 bits per heavy atom. The minimum absolute atomic E-state index is 0.106. The van der Waals surface area contributed by atoms with Gasteiger partial charge in [-0.25, -0.2) is 0 Å². The van der Waals surface area contributed by atoms with E-state index in [1.54, 1.807) is 0 Å². The molecular weight excluding hydrogens is 160 g/mol. The van der Waals surface area contributed by atoms with Crippen molar-refractivity contribution in [3.8, 4) is 0 Å². The van der Waals surface area contributed by atoms with Gasteiger partial charge in [-0.1, -0.05) is 44.2 Å². The summed E-state index contributed by atoms with van der Waals surface area (Å²) in [5.74, 6) is 0.384. The molecule has 0 heterocycles. The van der Waals surface area contributed by atoms with E-state index >= 15 is 0 Å². The van der Waals surface area contributed by atoms with Crippen molar-refractivity contribution in [1.29, 1.82) is 0 Å². The van der Waals surface area contributed by atoms with E-state index < -0.39 is 0 Å². The van der Waals surface area contributed by atoms with Crippen LogP contribution in [0.5, 0.6) is 0 Å². The van der Waals surface area contributed by atoms with Crippen LogP contribution in [0.3, 0.4) is 0 Å². The summed E-state index contributed by atoms with van der Waals surface area (Å²) in [5.41, 5.74) is 1.55. The molecule has 1 aliphatic rings. The van der Waals surface area contributed by atoms with Crippen molar-refractivity contribution in [2.75, 3.05) is 0 Å². The lowest BCUT2D eigenvalue weighted by molar-refractivity contribution is -0.0393. The largest absolute Gasteiger partial charge is 0.393 e. The Kier molecular flexibility index (Phi) is 1.92. The number of benzene rings is 1. The minimum atomic E-state index is -0.106. The lowest BCUT2D eigenvalue weighted by Crippen LogP contribution is -2.51. The second-order valence-corrected chi connectivity index (χ2v) is 4.34. The fourth-order valence-electron chi connectivity index (χ4n) is 2.26. The summed E-state index contributed by atoms with van der Waals surface area (Å²) in [6.07, 6.45) is 0.795. The van der Waals surface area contributed by atoms with Crippen LogP contribution in [0.1, 0.15) is 25.8 Å². The fourth-order valence-corrected chi connectivity index (χ4v) is 2.26. The van der Waals surface area contributed by atoms with Crippen LogP contribution in [0.25, 0.3) is 0 Å². The highest BCUT2D eigenvalue weighted by Gasteiger charge is 2.47. The zero-order valence-corrected chi connectivity index (χ0v) is 8.20. The molecule has 2 rings (SSSR count). The molecule has 1 N–H and O–H groups in total. The standard InChI is InChI=1S/C12H16O/c1-9-11(13)8-12(9,2)10-6-4-3-5-7-10/h3-7,9,11,13H,8H2,1-2H3. The summed E-state index contributed by atoms with van der Waals surface area (Å²) in [5, 5.41) is 9.51. The Balaban J connectivity index is 2.28. The molecule has 0 spiro atoms. The molecule has 1 saturated carbocycles. The summed E-state index contributed by atoms with van der Waals surface area (Å²) >= 11 is 0. The van der Waals surface area contributed by atoms with Gasteiger partial charge in [-0.15, -0.1) is 0 Å². The molecule has 70 valence electrons. The smallest absolute Gasteiger partial charge is 0.0582 e. The molecule has 1 aromatic rings. The van der Waals surface area contributed by atoms with Gasteiger partial charge in [-0.05, 0) is 23.3 Å². The third kappa shape index (κ3) is 1.19. The van der Waals surface area contributed by atoms with Crippen LogP contribution in [0.15, 0.2) is 30.3 Å². The molecule has 1 fully saturated rings. The van der Waals surface area contributed by atoms with Gasteiger partial charge in [-0.2, -0.15) is 0 Å². The quantitative estimate of drug-likeness (QED) is 0.696. The third-order valence-electron chi connectivity index (χ3n) is 3.65. The molecule has 13 heavy (non-hydrogen) atoms. The predicted octanol–water partition coefficient (Wildman–Crippen LogP) is 2.35. The van der Waals surface area contributed by atoms with Crippen molar-refractivity contribution in [3.63, 3.8) is 0 Å². The second-order valence-electron chi connectivity index (χ2n) is 4.34.